The molecular weight excluding hydrogens is 365 g/mol. The highest BCUT2D eigenvalue weighted by atomic mass is 32.1. The number of halogens is 3. The van der Waals surface area contributed by atoms with Crippen LogP contribution in [0.5, 0.6) is 0 Å². The average molecular weight is 382 g/mol. The zero-order valence-corrected chi connectivity index (χ0v) is 15.1. The number of rotatable bonds is 3. The van der Waals surface area contributed by atoms with E-state index < -0.39 is 23.2 Å². The van der Waals surface area contributed by atoms with Crippen LogP contribution >= 0.6 is 11.3 Å². The van der Waals surface area contributed by atoms with Crippen LogP contribution in [0.15, 0.2) is 41.3 Å². The summed E-state index contributed by atoms with van der Waals surface area (Å²) in [6.45, 7) is 5.76. The van der Waals surface area contributed by atoms with Gasteiger partial charge in [0.1, 0.15) is 0 Å². The Morgan fingerprint density at radius 1 is 1.19 bits per heavy atom. The predicted octanol–water partition coefficient (Wildman–Crippen LogP) is 4.37. The Morgan fingerprint density at radius 3 is 2.54 bits per heavy atom. The third-order valence-electron chi connectivity index (χ3n) is 3.85. The van der Waals surface area contributed by atoms with Crippen LogP contribution in [0.2, 0.25) is 0 Å². The maximum absolute atomic E-state index is 13.1. The number of fused-ring (bicyclic) bond motifs is 1. The fraction of sp³-hybridized carbons (Fsp3) is 0.353. The molecule has 138 valence electrons. The van der Waals surface area contributed by atoms with Crippen molar-refractivity contribution in [3.05, 3.63) is 58.0 Å². The predicted molar refractivity (Wildman–Crippen MR) is 94.4 cm³/mol. The van der Waals surface area contributed by atoms with Crippen molar-refractivity contribution in [2.75, 3.05) is 5.32 Å². The second-order valence-electron chi connectivity index (χ2n) is 6.95. The van der Waals surface area contributed by atoms with E-state index in [1.165, 1.54) is 34.2 Å². The normalized spacial score (nSPS) is 13.8. The maximum atomic E-state index is 13.1. The molecule has 26 heavy (non-hydrogen) atoms. The smallest absolute Gasteiger partial charge is 0.353 e. The van der Waals surface area contributed by atoms with E-state index in [2.05, 4.69) is 15.4 Å². The molecule has 3 aromatic rings. The largest absolute Gasteiger partial charge is 0.416 e. The SMILES string of the molecule is CC(C)(C)C(Nc1nn2c(=O)ccnc2s1)c1cccc(C(F)(F)F)c1. The van der Waals surface area contributed by atoms with E-state index in [9.17, 15) is 18.0 Å². The highest BCUT2D eigenvalue weighted by Crippen LogP contribution is 2.39. The van der Waals surface area contributed by atoms with Crippen molar-refractivity contribution in [2.24, 2.45) is 5.41 Å². The second-order valence-corrected chi connectivity index (χ2v) is 7.91. The molecular formula is C17H17F3N4OS. The van der Waals surface area contributed by atoms with Crippen LogP contribution in [-0.4, -0.2) is 14.6 Å². The van der Waals surface area contributed by atoms with Crippen molar-refractivity contribution in [3.63, 3.8) is 0 Å². The van der Waals surface area contributed by atoms with Crippen molar-refractivity contribution < 1.29 is 13.2 Å². The number of anilines is 1. The number of aromatic nitrogens is 3. The van der Waals surface area contributed by atoms with Gasteiger partial charge in [-0.3, -0.25) is 4.79 Å². The first-order chi connectivity index (χ1) is 12.1. The number of hydrogen-bond donors (Lipinski definition) is 1. The van der Waals surface area contributed by atoms with Gasteiger partial charge in [-0.1, -0.05) is 44.2 Å². The van der Waals surface area contributed by atoms with E-state index in [1.807, 2.05) is 20.8 Å². The molecule has 0 aliphatic carbocycles. The second kappa shape index (κ2) is 6.39. The molecule has 1 atom stereocenters. The first-order valence-corrected chi connectivity index (χ1v) is 8.66. The molecule has 0 fully saturated rings. The zero-order valence-electron chi connectivity index (χ0n) is 14.3. The van der Waals surface area contributed by atoms with Gasteiger partial charge in [0.15, 0.2) is 0 Å². The number of nitrogens with zero attached hydrogens (tertiary/aromatic N) is 3. The molecule has 0 saturated heterocycles. The van der Waals surface area contributed by atoms with E-state index in [0.29, 0.717) is 15.7 Å². The lowest BCUT2D eigenvalue weighted by Crippen LogP contribution is -2.26. The summed E-state index contributed by atoms with van der Waals surface area (Å²) in [6.07, 6.45) is -3.01. The van der Waals surface area contributed by atoms with Crippen LogP contribution in [0.25, 0.3) is 4.96 Å². The van der Waals surface area contributed by atoms with Gasteiger partial charge < -0.3 is 5.32 Å². The van der Waals surface area contributed by atoms with Crippen LogP contribution in [0.1, 0.15) is 37.9 Å². The topological polar surface area (TPSA) is 59.3 Å². The minimum absolute atomic E-state index is 0.314. The van der Waals surface area contributed by atoms with Crippen molar-refractivity contribution in [2.45, 2.75) is 33.0 Å². The summed E-state index contributed by atoms with van der Waals surface area (Å²) in [5.74, 6) is 0. The monoisotopic (exact) mass is 382 g/mol. The number of benzene rings is 1. The van der Waals surface area contributed by atoms with Crippen molar-refractivity contribution in [3.8, 4) is 0 Å². The van der Waals surface area contributed by atoms with Gasteiger partial charge >= 0.3 is 6.18 Å². The summed E-state index contributed by atoms with van der Waals surface area (Å²) in [4.78, 5) is 16.3. The Balaban J connectivity index is 2.01. The lowest BCUT2D eigenvalue weighted by molar-refractivity contribution is -0.137. The molecule has 5 nitrogen and oxygen atoms in total. The van der Waals surface area contributed by atoms with Crippen LogP contribution in [0.3, 0.4) is 0 Å². The minimum Gasteiger partial charge on any atom is -0.353 e. The summed E-state index contributed by atoms with van der Waals surface area (Å²) in [7, 11) is 0. The maximum Gasteiger partial charge on any atom is 0.416 e. The average Bonchev–Trinajstić information content (AvgIpc) is 2.95. The highest BCUT2D eigenvalue weighted by Gasteiger charge is 2.33. The molecule has 2 aromatic heterocycles. The molecule has 3 rings (SSSR count). The first kappa shape index (κ1) is 18.4. The number of alkyl halides is 3. The first-order valence-electron chi connectivity index (χ1n) is 7.84. The molecule has 0 saturated carbocycles. The Kier molecular flexibility index (Phi) is 4.51. The number of nitrogens with one attached hydrogen (secondary N) is 1. The van der Waals surface area contributed by atoms with Crippen molar-refractivity contribution in [1.82, 2.24) is 14.6 Å². The van der Waals surface area contributed by atoms with Crippen LogP contribution in [-0.2, 0) is 6.18 Å². The molecule has 0 spiro atoms. The van der Waals surface area contributed by atoms with Gasteiger partial charge in [0.05, 0.1) is 11.6 Å². The fourth-order valence-electron chi connectivity index (χ4n) is 2.62. The van der Waals surface area contributed by atoms with Gasteiger partial charge in [-0.2, -0.15) is 17.7 Å². The van der Waals surface area contributed by atoms with Gasteiger partial charge in [0, 0.05) is 12.3 Å². The molecule has 2 heterocycles. The van der Waals surface area contributed by atoms with E-state index >= 15 is 0 Å². The van der Waals surface area contributed by atoms with Crippen LogP contribution < -0.4 is 10.9 Å². The summed E-state index contributed by atoms with van der Waals surface area (Å²) < 4.78 is 40.4. The Bertz CT molecular complexity index is 988. The molecule has 0 bridgehead atoms. The molecule has 0 aliphatic rings. The van der Waals surface area contributed by atoms with E-state index in [4.69, 9.17) is 0 Å². The lowest BCUT2D eigenvalue weighted by atomic mass is 9.82. The van der Waals surface area contributed by atoms with Gasteiger partial charge in [0.2, 0.25) is 10.1 Å². The summed E-state index contributed by atoms with van der Waals surface area (Å²) in [5.41, 5.74) is -0.925. The summed E-state index contributed by atoms with van der Waals surface area (Å²) in [6, 6.07) is 6.08. The van der Waals surface area contributed by atoms with Crippen molar-refractivity contribution >= 4 is 21.4 Å². The Labute approximate surface area is 151 Å². The molecule has 1 unspecified atom stereocenters. The number of hydrogen-bond acceptors (Lipinski definition) is 5. The van der Waals surface area contributed by atoms with E-state index in [0.717, 1.165) is 12.1 Å². The zero-order chi connectivity index (χ0) is 19.1. The third kappa shape index (κ3) is 3.72. The Hall–Kier alpha value is -2.42. The molecule has 9 heteroatoms. The van der Waals surface area contributed by atoms with E-state index in [1.54, 1.807) is 6.07 Å². The van der Waals surface area contributed by atoms with Gasteiger partial charge in [-0.05, 0) is 23.1 Å². The molecule has 0 radical (unpaired) electrons. The van der Waals surface area contributed by atoms with Gasteiger partial charge in [-0.15, -0.1) is 5.10 Å². The van der Waals surface area contributed by atoms with Crippen LogP contribution in [0, 0.1) is 5.41 Å². The van der Waals surface area contributed by atoms with Crippen molar-refractivity contribution in [1.29, 1.82) is 0 Å². The molecule has 1 N–H and O–H groups in total. The van der Waals surface area contributed by atoms with E-state index in [-0.39, 0.29) is 5.56 Å². The van der Waals surface area contributed by atoms with Gasteiger partial charge in [0.25, 0.3) is 5.56 Å². The van der Waals surface area contributed by atoms with Gasteiger partial charge in [-0.25, -0.2) is 4.98 Å². The standard InChI is InChI=1S/C17H17F3N4OS/c1-16(2,3)13(10-5-4-6-11(9-10)17(18,19)20)22-14-23-24-12(25)7-8-21-15(24)26-14/h4-9,13H,1-3H3,(H,22,23). The lowest BCUT2D eigenvalue weighted by Gasteiger charge is -2.32. The minimum atomic E-state index is -4.41. The molecule has 0 aliphatic heterocycles. The molecule has 1 aromatic carbocycles. The highest BCUT2D eigenvalue weighted by molar-refractivity contribution is 7.20. The third-order valence-corrected chi connectivity index (χ3v) is 4.71. The summed E-state index contributed by atoms with van der Waals surface area (Å²) in [5, 5.41) is 7.77. The fourth-order valence-corrected chi connectivity index (χ4v) is 3.42. The summed E-state index contributed by atoms with van der Waals surface area (Å²) >= 11 is 1.17. The Morgan fingerprint density at radius 2 is 1.92 bits per heavy atom. The molecule has 0 amide bonds. The van der Waals surface area contributed by atoms with Crippen LogP contribution in [0.4, 0.5) is 18.3 Å². The quantitative estimate of drug-likeness (QED) is 0.731.